The Morgan fingerprint density at radius 2 is 1.78 bits per heavy atom. The third-order valence-corrected chi connectivity index (χ3v) is 8.74. The maximum Gasteiger partial charge on any atom is 0.253 e. The van der Waals surface area contributed by atoms with Gasteiger partial charge in [-0.15, -0.1) is 0 Å². The van der Waals surface area contributed by atoms with Crippen LogP contribution >= 0.6 is 0 Å². The van der Waals surface area contributed by atoms with Gasteiger partial charge < -0.3 is 15.1 Å². The molecule has 2 unspecified atom stereocenters. The van der Waals surface area contributed by atoms with Crippen molar-refractivity contribution in [2.24, 2.45) is 4.99 Å². The van der Waals surface area contributed by atoms with Gasteiger partial charge in [0.15, 0.2) is 0 Å². The molecule has 6 nitrogen and oxygen atoms in total. The molecule has 4 aliphatic rings. The lowest BCUT2D eigenvalue weighted by molar-refractivity contribution is 0.0713. The zero-order chi connectivity index (χ0) is 25.4. The molecule has 2 atom stereocenters. The van der Waals surface area contributed by atoms with Crippen molar-refractivity contribution in [2.45, 2.75) is 62.4 Å². The predicted molar refractivity (Wildman–Crippen MR) is 146 cm³/mol. The van der Waals surface area contributed by atoms with E-state index >= 15 is 0 Å². The van der Waals surface area contributed by atoms with Gasteiger partial charge in [0.2, 0.25) is 0 Å². The van der Waals surface area contributed by atoms with Crippen molar-refractivity contribution in [1.82, 2.24) is 15.1 Å². The van der Waals surface area contributed by atoms with E-state index in [0.29, 0.717) is 23.4 Å². The molecule has 6 heteroatoms. The van der Waals surface area contributed by atoms with Gasteiger partial charge in [-0.1, -0.05) is 24.6 Å². The lowest BCUT2D eigenvalue weighted by Crippen LogP contribution is -2.38. The lowest BCUT2D eigenvalue weighted by Gasteiger charge is -2.33. The molecule has 1 amide bonds. The molecule has 1 saturated heterocycles. The quantitative estimate of drug-likeness (QED) is 0.665. The first-order valence-corrected chi connectivity index (χ1v) is 13.8. The number of rotatable bonds is 4. The molecule has 1 saturated carbocycles. The summed E-state index contributed by atoms with van der Waals surface area (Å²) in [4.78, 5) is 22.9. The fourth-order valence-electron chi connectivity index (χ4n) is 6.15. The monoisotopic (exact) mass is 493 g/mol. The Hall–Kier alpha value is -3.59. The van der Waals surface area contributed by atoms with Gasteiger partial charge >= 0.3 is 0 Å². The van der Waals surface area contributed by atoms with E-state index < -0.39 is 0 Å². The molecule has 2 aromatic carbocycles. The zero-order valence-corrected chi connectivity index (χ0v) is 21.6. The highest BCUT2D eigenvalue weighted by Crippen LogP contribution is 2.39. The van der Waals surface area contributed by atoms with Gasteiger partial charge in [-0.05, 0) is 91.6 Å². The average molecular weight is 494 g/mol. The second-order valence-electron chi connectivity index (χ2n) is 11.1. The lowest BCUT2D eigenvalue weighted by atomic mass is 9.77. The van der Waals surface area contributed by atoms with Crippen LogP contribution in [0.25, 0.3) is 0 Å². The molecular weight excluding hydrogens is 458 g/mol. The van der Waals surface area contributed by atoms with Gasteiger partial charge in [0.25, 0.3) is 5.91 Å². The summed E-state index contributed by atoms with van der Waals surface area (Å²) < 4.78 is 0. The normalized spacial score (nSPS) is 23.9. The van der Waals surface area contributed by atoms with Crippen LogP contribution in [0.1, 0.15) is 83.0 Å². The number of nitriles is 1. The first-order chi connectivity index (χ1) is 18.1. The van der Waals surface area contributed by atoms with Crippen LogP contribution in [0.4, 0.5) is 0 Å². The van der Waals surface area contributed by atoms with Gasteiger partial charge in [0, 0.05) is 37.8 Å². The Morgan fingerprint density at radius 3 is 2.49 bits per heavy atom. The summed E-state index contributed by atoms with van der Waals surface area (Å²) in [6.45, 7) is 2.52. The molecule has 1 N–H and O–H groups in total. The highest BCUT2D eigenvalue weighted by Gasteiger charge is 2.33. The molecule has 1 aliphatic carbocycles. The molecule has 2 fully saturated rings. The summed E-state index contributed by atoms with van der Waals surface area (Å²) in [5.74, 6) is 2.08. The minimum Gasteiger partial charge on any atom is -0.381 e. The molecule has 0 radical (unpaired) electrons. The summed E-state index contributed by atoms with van der Waals surface area (Å²) in [7, 11) is 2.11. The van der Waals surface area contributed by atoms with Crippen LogP contribution in [-0.2, 0) is 0 Å². The summed E-state index contributed by atoms with van der Waals surface area (Å²) in [6.07, 6.45) is 11.0. The van der Waals surface area contributed by atoms with Crippen molar-refractivity contribution in [3.8, 4) is 6.07 Å². The van der Waals surface area contributed by atoms with Crippen molar-refractivity contribution in [1.29, 1.82) is 5.26 Å². The van der Waals surface area contributed by atoms with Crippen LogP contribution in [0.15, 0.2) is 59.7 Å². The first kappa shape index (κ1) is 23.8. The Labute approximate surface area is 219 Å². The number of nitrogens with zero attached hydrogens (tertiary/aromatic N) is 4. The van der Waals surface area contributed by atoms with Gasteiger partial charge in [-0.3, -0.25) is 9.79 Å². The summed E-state index contributed by atoms with van der Waals surface area (Å²) >= 11 is 0. The molecular formula is C31H35N5O. The van der Waals surface area contributed by atoms with Crippen molar-refractivity contribution < 1.29 is 4.79 Å². The average Bonchev–Trinajstić information content (AvgIpc) is 3.24. The SMILES string of the molecule is CN1C=CC2N=C(c3cc(C(=O)N4CCC(c5ccc(C#N)cc5)CC4)ccc3C3CCC3)NC2CC1. The topological polar surface area (TPSA) is 71.7 Å². The third kappa shape index (κ3) is 4.75. The zero-order valence-electron chi connectivity index (χ0n) is 21.6. The van der Waals surface area contributed by atoms with Crippen molar-refractivity contribution in [3.05, 3.63) is 82.6 Å². The number of carbonyl (C=O) groups is 1. The van der Waals surface area contributed by atoms with E-state index in [1.165, 1.54) is 30.4 Å². The molecule has 6 rings (SSSR count). The van der Waals surface area contributed by atoms with Crippen LogP contribution in [0.2, 0.25) is 0 Å². The van der Waals surface area contributed by atoms with Crippen LogP contribution in [-0.4, -0.2) is 60.3 Å². The summed E-state index contributed by atoms with van der Waals surface area (Å²) in [5, 5.41) is 12.8. The standard InChI is InChI=1S/C31H35N5O/c1-35-15-13-28-29(14-16-35)34-30(33-28)27-19-25(9-10-26(27)24-3-2-4-24)31(37)36-17-11-23(12-18-36)22-7-5-21(20-32)6-8-22/h5-10,13,15,19,23-24,28-29H,2-4,11-12,14,16-18H2,1H3,(H,33,34). The predicted octanol–water partition coefficient (Wildman–Crippen LogP) is 4.78. The maximum atomic E-state index is 13.6. The van der Waals surface area contributed by atoms with Crippen molar-refractivity contribution in [3.63, 3.8) is 0 Å². The molecule has 0 spiro atoms. The number of hydrogen-bond donors (Lipinski definition) is 1. The van der Waals surface area contributed by atoms with Gasteiger partial charge in [0.1, 0.15) is 5.84 Å². The summed E-state index contributed by atoms with van der Waals surface area (Å²) in [5.41, 5.74) is 5.18. The molecule has 0 aromatic heterocycles. The van der Waals surface area contributed by atoms with E-state index in [9.17, 15) is 4.79 Å². The number of piperidine rings is 1. The molecule has 3 heterocycles. The minimum atomic E-state index is 0.119. The number of amides is 1. The number of likely N-dealkylation sites (tertiary alicyclic amines) is 1. The number of benzene rings is 2. The Kier molecular flexibility index (Phi) is 6.46. The molecule has 2 aromatic rings. The molecule has 3 aliphatic heterocycles. The van der Waals surface area contributed by atoms with Crippen LogP contribution in [0.3, 0.4) is 0 Å². The van der Waals surface area contributed by atoms with Crippen molar-refractivity contribution >= 4 is 11.7 Å². The fourth-order valence-corrected chi connectivity index (χ4v) is 6.15. The number of aliphatic imine (C=N–C) groups is 1. The highest BCUT2D eigenvalue weighted by molar-refractivity contribution is 6.04. The van der Waals surface area contributed by atoms with Gasteiger partial charge in [-0.25, -0.2) is 0 Å². The van der Waals surface area contributed by atoms with E-state index in [1.807, 2.05) is 23.1 Å². The largest absolute Gasteiger partial charge is 0.381 e. The van der Waals surface area contributed by atoms with Crippen LogP contribution < -0.4 is 5.32 Å². The van der Waals surface area contributed by atoms with Crippen molar-refractivity contribution in [2.75, 3.05) is 26.7 Å². The molecule has 0 bridgehead atoms. The second kappa shape index (κ2) is 10.0. The molecule has 37 heavy (non-hydrogen) atoms. The first-order valence-electron chi connectivity index (χ1n) is 13.8. The van der Waals surface area contributed by atoms with Crippen LogP contribution in [0.5, 0.6) is 0 Å². The molecule has 190 valence electrons. The number of nitrogens with one attached hydrogen (secondary N) is 1. The maximum absolute atomic E-state index is 13.6. The fraction of sp³-hybridized carbons (Fsp3) is 0.452. The number of fused-ring (bicyclic) bond motifs is 1. The van der Waals surface area contributed by atoms with E-state index in [4.69, 9.17) is 10.3 Å². The minimum absolute atomic E-state index is 0.119. The Morgan fingerprint density at radius 1 is 1.00 bits per heavy atom. The third-order valence-electron chi connectivity index (χ3n) is 8.74. The number of hydrogen-bond acceptors (Lipinski definition) is 5. The van der Waals surface area contributed by atoms with E-state index in [1.54, 1.807) is 0 Å². The Bertz CT molecular complexity index is 1260. The van der Waals surface area contributed by atoms with E-state index in [2.05, 4.69) is 59.9 Å². The summed E-state index contributed by atoms with van der Waals surface area (Å²) in [6, 6.07) is 16.9. The Balaban J connectivity index is 1.20. The smallest absolute Gasteiger partial charge is 0.253 e. The van der Waals surface area contributed by atoms with Gasteiger partial charge in [-0.2, -0.15) is 5.26 Å². The number of carbonyl (C=O) groups excluding carboxylic acids is 1. The second-order valence-corrected chi connectivity index (χ2v) is 11.1. The van der Waals surface area contributed by atoms with Gasteiger partial charge in [0.05, 0.1) is 23.7 Å². The number of amidine groups is 1. The van der Waals surface area contributed by atoms with E-state index in [-0.39, 0.29) is 11.9 Å². The van der Waals surface area contributed by atoms with Crippen LogP contribution in [0, 0.1) is 11.3 Å². The van der Waals surface area contributed by atoms with E-state index in [0.717, 1.165) is 55.9 Å². The highest BCUT2D eigenvalue weighted by atomic mass is 16.2.